The van der Waals surface area contributed by atoms with Crippen molar-refractivity contribution in [1.29, 1.82) is 0 Å². The lowest BCUT2D eigenvalue weighted by Gasteiger charge is -2.17. The van der Waals surface area contributed by atoms with E-state index in [2.05, 4.69) is 39.2 Å². The molecule has 0 radical (unpaired) electrons. The average molecular weight is 223 g/mol. The molecule has 0 aliphatic rings. The van der Waals surface area contributed by atoms with Crippen LogP contribution in [-0.2, 0) is 0 Å². The quantitative estimate of drug-likeness (QED) is 0.847. The molecule has 0 bridgehead atoms. The summed E-state index contributed by atoms with van der Waals surface area (Å²) in [5.74, 6) is 1.13. The number of thioether (sulfide) groups is 1. The molecule has 2 heteroatoms. The van der Waals surface area contributed by atoms with Crippen LogP contribution >= 0.6 is 11.8 Å². The molecule has 84 valence electrons. The first kappa shape index (κ1) is 12.6. The summed E-state index contributed by atoms with van der Waals surface area (Å²) in [5.41, 5.74) is 11.6. The molecule has 1 atom stereocenters. The molecular weight excluding hydrogens is 202 g/mol. The Balaban J connectivity index is 2.90. The van der Waals surface area contributed by atoms with Crippen LogP contribution in [0.5, 0.6) is 0 Å². The zero-order chi connectivity index (χ0) is 11.4. The van der Waals surface area contributed by atoms with Gasteiger partial charge in [-0.2, -0.15) is 11.8 Å². The lowest BCUT2D eigenvalue weighted by molar-refractivity contribution is 0.699. The third-order valence-electron chi connectivity index (χ3n) is 3.13. The van der Waals surface area contributed by atoms with Gasteiger partial charge in [0.15, 0.2) is 0 Å². The van der Waals surface area contributed by atoms with Crippen LogP contribution in [0, 0.1) is 20.8 Å². The summed E-state index contributed by atoms with van der Waals surface area (Å²) in [5, 5.41) is 0. The van der Waals surface area contributed by atoms with Crippen molar-refractivity contribution in [1.82, 2.24) is 0 Å². The Bertz CT molecular complexity index is 334. The Morgan fingerprint density at radius 1 is 1.20 bits per heavy atom. The summed E-state index contributed by atoms with van der Waals surface area (Å²) in [4.78, 5) is 0. The Morgan fingerprint density at radius 3 is 2.47 bits per heavy atom. The zero-order valence-corrected chi connectivity index (χ0v) is 10.9. The predicted octanol–water partition coefficient (Wildman–Crippen LogP) is 3.36. The van der Waals surface area contributed by atoms with Gasteiger partial charge in [0.25, 0.3) is 0 Å². The Morgan fingerprint density at radius 2 is 1.87 bits per heavy atom. The van der Waals surface area contributed by atoms with Crippen LogP contribution < -0.4 is 5.73 Å². The number of aryl methyl sites for hydroxylation is 1. The lowest BCUT2D eigenvalue weighted by atomic mass is 9.94. The molecule has 0 saturated carbocycles. The second kappa shape index (κ2) is 5.57. The Kier molecular flexibility index (Phi) is 4.68. The molecule has 1 nitrogen and oxygen atoms in total. The maximum absolute atomic E-state index is 6.19. The molecule has 15 heavy (non-hydrogen) atoms. The molecule has 0 fully saturated rings. The maximum Gasteiger partial charge on any atom is 0.0305 e. The summed E-state index contributed by atoms with van der Waals surface area (Å²) in [6.07, 6.45) is 3.18. The highest BCUT2D eigenvalue weighted by Crippen LogP contribution is 2.24. The van der Waals surface area contributed by atoms with Gasteiger partial charge in [0.1, 0.15) is 0 Å². The van der Waals surface area contributed by atoms with Gasteiger partial charge in [0, 0.05) is 6.04 Å². The van der Waals surface area contributed by atoms with Gasteiger partial charge in [-0.15, -0.1) is 0 Å². The molecule has 0 aliphatic heterocycles. The molecule has 0 heterocycles. The van der Waals surface area contributed by atoms with Crippen LogP contribution in [0.3, 0.4) is 0 Å². The first-order valence-corrected chi connectivity index (χ1v) is 6.78. The Hall–Kier alpha value is -0.470. The van der Waals surface area contributed by atoms with Gasteiger partial charge < -0.3 is 5.73 Å². The fourth-order valence-electron chi connectivity index (χ4n) is 1.78. The minimum atomic E-state index is 0.191. The number of nitrogens with two attached hydrogens (primary N) is 1. The van der Waals surface area contributed by atoms with E-state index in [0.29, 0.717) is 0 Å². The third kappa shape index (κ3) is 2.99. The van der Waals surface area contributed by atoms with Crippen molar-refractivity contribution in [3.05, 3.63) is 34.4 Å². The lowest BCUT2D eigenvalue weighted by Crippen LogP contribution is -2.13. The van der Waals surface area contributed by atoms with Gasteiger partial charge in [0.05, 0.1) is 0 Å². The zero-order valence-electron chi connectivity index (χ0n) is 10.1. The monoisotopic (exact) mass is 223 g/mol. The fourth-order valence-corrected chi connectivity index (χ4v) is 2.27. The molecule has 0 saturated heterocycles. The van der Waals surface area contributed by atoms with E-state index in [0.717, 1.165) is 12.2 Å². The maximum atomic E-state index is 6.19. The van der Waals surface area contributed by atoms with Crippen molar-refractivity contribution in [2.24, 2.45) is 5.73 Å². The molecule has 1 aromatic rings. The van der Waals surface area contributed by atoms with Crippen molar-refractivity contribution >= 4 is 11.8 Å². The first-order chi connectivity index (χ1) is 7.07. The minimum absolute atomic E-state index is 0.191. The fraction of sp³-hybridized carbons (Fsp3) is 0.538. The second-order valence-corrected chi connectivity index (χ2v) is 5.10. The molecule has 0 aliphatic carbocycles. The van der Waals surface area contributed by atoms with E-state index in [9.17, 15) is 0 Å². The largest absolute Gasteiger partial charge is 0.324 e. The number of rotatable bonds is 4. The van der Waals surface area contributed by atoms with E-state index in [4.69, 9.17) is 5.73 Å². The third-order valence-corrected chi connectivity index (χ3v) is 3.78. The molecule has 0 amide bonds. The molecule has 1 aromatic carbocycles. The molecule has 2 N–H and O–H groups in total. The van der Waals surface area contributed by atoms with Crippen LogP contribution in [0.4, 0.5) is 0 Å². The summed E-state index contributed by atoms with van der Waals surface area (Å²) in [7, 11) is 0. The van der Waals surface area contributed by atoms with Crippen LogP contribution in [0.25, 0.3) is 0 Å². The van der Waals surface area contributed by atoms with Crippen LogP contribution in [0.2, 0.25) is 0 Å². The van der Waals surface area contributed by atoms with Crippen LogP contribution in [-0.4, -0.2) is 12.0 Å². The summed E-state index contributed by atoms with van der Waals surface area (Å²) >= 11 is 1.86. The van der Waals surface area contributed by atoms with E-state index in [-0.39, 0.29) is 6.04 Å². The van der Waals surface area contributed by atoms with E-state index in [1.54, 1.807) is 0 Å². The standard InChI is InChI=1S/C13H21NS/c1-9-5-6-12(11(3)10(9)2)13(14)7-8-15-4/h5-6,13H,7-8,14H2,1-4H3. The molecule has 1 rings (SSSR count). The summed E-state index contributed by atoms with van der Waals surface area (Å²) in [6.45, 7) is 6.51. The normalized spacial score (nSPS) is 12.9. The average Bonchev–Trinajstić information content (AvgIpc) is 2.23. The van der Waals surface area contributed by atoms with Gasteiger partial charge in [-0.1, -0.05) is 12.1 Å². The van der Waals surface area contributed by atoms with Gasteiger partial charge in [-0.25, -0.2) is 0 Å². The molecule has 1 unspecified atom stereocenters. The van der Waals surface area contributed by atoms with Gasteiger partial charge in [-0.05, 0) is 61.5 Å². The minimum Gasteiger partial charge on any atom is -0.324 e. The summed E-state index contributed by atoms with van der Waals surface area (Å²) < 4.78 is 0. The first-order valence-electron chi connectivity index (χ1n) is 5.39. The van der Waals surface area contributed by atoms with E-state index < -0.39 is 0 Å². The number of hydrogen-bond acceptors (Lipinski definition) is 2. The molecule has 0 spiro atoms. The van der Waals surface area contributed by atoms with Crippen molar-refractivity contribution in [2.75, 3.05) is 12.0 Å². The van der Waals surface area contributed by atoms with Gasteiger partial charge in [-0.3, -0.25) is 0 Å². The SMILES string of the molecule is CSCCC(N)c1ccc(C)c(C)c1C. The summed E-state index contributed by atoms with van der Waals surface area (Å²) in [6, 6.07) is 4.55. The Labute approximate surface area is 97.4 Å². The van der Waals surface area contributed by atoms with Crippen LogP contribution in [0.1, 0.15) is 34.7 Å². The topological polar surface area (TPSA) is 26.0 Å². The number of benzene rings is 1. The second-order valence-electron chi connectivity index (χ2n) is 4.11. The van der Waals surface area contributed by atoms with E-state index in [1.807, 2.05) is 11.8 Å². The van der Waals surface area contributed by atoms with Gasteiger partial charge >= 0.3 is 0 Å². The van der Waals surface area contributed by atoms with Crippen molar-refractivity contribution in [2.45, 2.75) is 33.2 Å². The van der Waals surface area contributed by atoms with E-state index >= 15 is 0 Å². The van der Waals surface area contributed by atoms with Crippen molar-refractivity contribution in [3.8, 4) is 0 Å². The molecule has 0 aromatic heterocycles. The smallest absolute Gasteiger partial charge is 0.0305 e. The van der Waals surface area contributed by atoms with Crippen LogP contribution in [0.15, 0.2) is 12.1 Å². The predicted molar refractivity (Wildman–Crippen MR) is 70.6 cm³/mol. The highest BCUT2D eigenvalue weighted by Gasteiger charge is 2.10. The van der Waals surface area contributed by atoms with E-state index in [1.165, 1.54) is 22.3 Å². The van der Waals surface area contributed by atoms with Crippen molar-refractivity contribution < 1.29 is 0 Å². The highest BCUT2D eigenvalue weighted by molar-refractivity contribution is 7.98. The highest BCUT2D eigenvalue weighted by atomic mass is 32.2. The van der Waals surface area contributed by atoms with Gasteiger partial charge in [0.2, 0.25) is 0 Å². The molecular formula is C13H21NS. The van der Waals surface area contributed by atoms with Crippen molar-refractivity contribution in [3.63, 3.8) is 0 Å². The number of hydrogen-bond donors (Lipinski definition) is 1.